The molecule has 154 valence electrons. The summed E-state index contributed by atoms with van der Waals surface area (Å²) in [5.41, 5.74) is 6.64. The minimum atomic E-state index is 0.505. The van der Waals surface area contributed by atoms with E-state index < -0.39 is 0 Å². The van der Waals surface area contributed by atoms with Gasteiger partial charge in [0.25, 0.3) is 0 Å². The molecule has 5 nitrogen and oxygen atoms in total. The molecule has 0 amide bonds. The molecule has 3 aromatic carbocycles. The van der Waals surface area contributed by atoms with Crippen molar-refractivity contribution in [1.82, 2.24) is 24.1 Å². The van der Waals surface area contributed by atoms with E-state index in [1.54, 1.807) is 10.7 Å². The van der Waals surface area contributed by atoms with Crippen LogP contribution in [0.15, 0.2) is 91.3 Å². The summed E-state index contributed by atoms with van der Waals surface area (Å²) >= 11 is 11.8. The first-order valence-corrected chi connectivity index (χ1v) is 10.9. The van der Waals surface area contributed by atoms with Crippen molar-refractivity contribution in [2.45, 2.75) is 0 Å². The second-order valence-corrected chi connectivity index (χ2v) is 8.26. The smallest absolute Gasteiger partial charge is 0.200 e. The Morgan fingerprint density at radius 1 is 0.812 bits per heavy atom. The highest BCUT2D eigenvalue weighted by atomic mass is 35.5. The van der Waals surface area contributed by atoms with Crippen molar-refractivity contribution in [2.75, 3.05) is 0 Å². The van der Waals surface area contributed by atoms with Gasteiger partial charge in [-0.1, -0.05) is 78.3 Å². The van der Waals surface area contributed by atoms with E-state index >= 15 is 0 Å². The van der Waals surface area contributed by atoms with Crippen LogP contribution in [-0.4, -0.2) is 24.1 Å². The molecular formula is C25H16ClN5S. The Morgan fingerprint density at radius 3 is 2.25 bits per heavy atom. The summed E-state index contributed by atoms with van der Waals surface area (Å²) in [4.78, 5) is 4.84. The molecule has 3 heterocycles. The van der Waals surface area contributed by atoms with Crippen LogP contribution in [-0.2, 0) is 0 Å². The minimum Gasteiger partial charge on any atom is -0.293 e. The first-order chi connectivity index (χ1) is 15.7. The molecular weight excluding hydrogens is 438 g/mol. The van der Waals surface area contributed by atoms with E-state index in [0.29, 0.717) is 9.79 Å². The quantitative estimate of drug-likeness (QED) is 0.302. The van der Waals surface area contributed by atoms with E-state index in [9.17, 15) is 0 Å². The molecule has 0 aliphatic carbocycles. The number of fused-ring (bicyclic) bond motifs is 3. The van der Waals surface area contributed by atoms with Gasteiger partial charge in [0.15, 0.2) is 11.3 Å². The Morgan fingerprint density at radius 2 is 1.53 bits per heavy atom. The standard InChI is InChI=1S/C25H16ClN5S/c26-18-12-7-13-19(14-18)31-22(17-10-5-2-6-11-17)20(16-8-3-1-4-9-16)21-23(31)27-15-30-24(21)28-29-25(30)32/h1-15H,(H,29,32). The van der Waals surface area contributed by atoms with Crippen molar-refractivity contribution >= 4 is 40.5 Å². The summed E-state index contributed by atoms with van der Waals surface area (Å²) in [5.74, 6) is 0. The lowest BCUT2D eigenvalue weighted by atomic mass is 9.99. The third-order valence-corrected chi connectivity index (χ3v) is 6.07. The zero-order valence-electron chi connectivity index (χ0n) is 16.7. The van der Waals surface area contributed by atoms with Crippen LogP contribution in [0.3, 0.4) is 0 Å². The second kappa shape index (κ2) is 7.44. The molecule has 0 aliphatic rings. The third-order valence-electron chi connectivity index (χ3n) is 5.55. The lowest BCUT2D eigenvalue weighted by Crippen LogP contribution is -1.99. The first-order valence-electron chi connectivity index (χ1n) is 10.1. The number of H-pyrrole nitrogens is 1. The Labute approximate surface area is 193 Å². The van der Waals surface area contributed by atoms with Crippen LogP contribution in [0.5, 0.6) is 0 Å². The normalized spacial score (nSPS) is 11.4. The Balaban J connectivity index is 1.89. The van der Waals surface area contributed by atoms with Crippen molar-refractivity contribution in [2.24, 2.45) is 0 Å². The summed E-state index contributed by atoms with van der Waals surface area (Å²) in [6.45, 7) is 0. The molecule has 7 heteroatoms. The van der Waals surface area contributed by atoms with E-state index in [0.717, 1.165) is 44.8 Å². The fraction of sp³-hybridized carbons (Fsp3) is 0. The van der Waals surface area contributed by atoms with Crippen molar-refractivity contribution < 1.29 is 0 Å². The van der Waals surface area contributed by atoms with E-state index in [4.69, 9.17) is 28.8 Å². The van der Waals surface area contributed by atoms with Gasteiger partial charge in [-0.3, -0.25) is 14.1 Å². The van der Waals surface area contributed by atoms with Gasteiger partial charge in [-0.15, -0.1) is 0 Å². The third kappa shape index (κ3) is 2.88. The van der Waals surface area contributed by atoms with Crippen LogP contribution < -0.4 is 0 Å². The molecule has 0 saturated carbocycles. The second-order valence-electron chi connectivity index (χ2n) is 7.44. The SMILES string of the molecule is S=c1[nH]nc2c3c(-c4ccccc4)c(-c4ccccc4)n(-c4cccc(Cl)c4)c3ncn12. The molecule has 0 fully saturated rings. The van der Waals surface area contributed by atoms with Crippen LogP contribution in [0.25, 0.3) is 44.8 Å². The highest BCUT2D eigenvalue weighted by Gasteiger charge is 2.25. The number of rotatable bonds is 3. The monoisotopic (exact) mass is 453 g/mol. The van der Waals surface area contributed by atoms with Crippen LogP contribution in [0, 0.1) is 4.77 Å². The van der Waals surface area contributed by atoms with Crippen LogP contribution in [0.2, 0.25) is 5.02 Å². The van der Waals surface area contributed by atoms with Crippen LogP contribution in [0.1, 0.15) is 0 Å². The van der Waals surface area contributed by atoms with Crippen molar-refractivity contribution in [3.8, 4) is 28.1 Å². The number of hydrogen-bond donors (Lipinski definition) is 1. The molecule has 32 heavy (non-hydrogen) atoms. The van der Waals surface area contributed by atoms with Gasteiger partial charge in [0.05, 0.1) is 11.1 Å². The molecule has 1 N–H and O–H groups in total. The van der Waals surface area contributed by atoms with Gasteiger partial charge >= 0.3 is 0 Å². The Kier molecular flexibility index (Phi) is 4.41. The van der Waals surface area contributed by atoms with Gasteiger partial charge in [0.2, 0.25) is 4.77 Å². The fourth-order valence-corrected chi connectivity index (χ4v) is 4.58. The zero-order chi connectivity index (χ0) is 21.7. The minimum absolute atomic E-state index is 0.505. The topological polar surface area (TPSA) is 50.9 Å². The number of aromatic amines is 1. The molecule has 6 aromatic rings. The maximum atomic E-state index is 6.40. The predicted molar refractivity (Wildman–Crippen MR) is 131 cm³/mol. The number of nitrogens with one attached hydrogen (secondary N) is 1. The average Bonchev–Trinajstić information content (AvgIpc) is 3.38. The molecule has 0 bridgehead atoms. The van der Waals surface area contributed by atoms with Gasteiger partial charge in [0, 0.05) is 16.3 Å². The van der Waals surface area contributed by atoms with Crippen LogP contribution >= 0.6 is 23.8 Å². The van der Waals surface area contributed by atoms with E-state index in [2.05, 4.69) is 39.0 Å². The molecule has 0 radical (unpaired) electrons. The maximum Gasteiger partial charge on any atom is 0.200 e. The average molecular weight is 454 g/mol. The van der Waals surface area contributed by atoms with Crippen molar-refractivity contribution in [3.63, 3.8) is 0 Å². The molecule has 0 unspecified atom stereocenters. The van der Waals surface area contributed by atoms with Gasteiger partial charge in [0.1, 0.15) is 6.33 Å². The molecule has 0 aliphatic heterocycles. The van der Waals surface area contributed by atoms with Gasteiger partial charge in [-0.2, -0.15) is 5.10 Å². The van der Waals surface area contributed by atoms with Crippen molar-refractivity contribution in [3.05, 3.63) is 101 Å². The number of nitrogens with zero attached hydrogens (tertiary/aromatic N) is 4. The van der Waals surface area contributed by atoms with Crippen LogP contribution in [0.4, 0.5) is 0 Å². The number of halogens is 1. The van der Waals surface area contributed by atoms with Gasteiger partial charge < -0.3 is 0 Å². The summed E-state index contributed by atoms with van der Waals surface area (Å²) < 4.78 is 4.46. The van der Waals surface area contributed by atoms with E-state index in [1.165, 1.54) is 0 Å². The summed E-state index contributed by atoms with van der Waals surface area (Å²) in [6.07, 6.45) is 1.72. The van der Waals surface area contributed by atoms with E-state index in [1.807, 2.05) is 60.7 Å². The molecule has 0 atom stereocenters. The largest absolute Gasteiger partial charge is 0.293 e. The zero-order valence-corrected chi connectivity index (χ0v) is 18.3. The number of aromatic nitrogens is 5. The highest BCUT2D eigenvalue weighted by Crippen LogP contribution is 2.43. The van der Waals surface area contributed by atoms with Gasteiger partial charge in [-0.05, 0) is 41.5 Å². The highest BCUT2D eigenvalue weighted by molar-refractivity contribution is 7.71. The summed E-state index contributed by atoms with van der Waals surface area (Å²) in [5, 5.41) is 9.05. The van der Waals surface area contributed by atoms with Gasteiger partial charge in [-0.25, -0.2) is 4.98 Å². The lowest BCUT2D eigenvalue weighted by molar-refractivity contribution is 1.03. The molecule has 0 spiro atoms. The molecule has 0 saturated heterocycles. The molecule has 6 rings (SSSR count). The predicted octanol–water partition coefficient (Wildman–Crippen LogP) is 6.72. The summed E-state index contributed by atoms with van der Waals surface area (Å²) in [7, 11) is 0. The Hall–Kier alpha value is -3.74. The first kappa shape index (κ1) is 19.0. The summed E-state index contributed by atoms with van der Waals surface area (Å²) in [6, 6.07) is 28.4. The fourth-order valence-electron chi connectivity index (χ4n) is 4.22. The molecule has 3 aromatic heterocycles. The Bertz CT molecular complexity index is 1650. The van der Waals surface area contributed by atoms with E-state index in [-0.39, 0.29) is 0 Å². The van der Waals surface area contributed by atoms with Crippen molar-refractivity contribution in [1.29, 1.82) is 0 Å². The maximum absolute atomic E-state index is 6.40. The number of hydrogen-bond acceptors (Lipinski definition) is 3. The lowest BCUT2D eigenvalue weighted by Gasteiger charge is -2.13. The number of benzene rings is 3.